The number of aromatic nitrogens is 3. The molecule has 7 nitrogen and oxygen atoms in total. The van der Waals surface area contributed by atoms with Crippen molar-refractivity contribution in [3.8, 4) is 22.9 Å². The number of hydrogen-bond donors (Lipinski definition) is 0. The molecule has 2 aromatic heterocycles. The Labute approximate surface area is 181 Å². The number of anilines is 1. The van der Waals surface area contributed by atoms with Gasteiger partial charge >= 0.3 is 5.97 Å². The van der Waals surface area contributed by atoms with Crippen molar-refractivity contribution >= 4 is 39.2 Å². The summed E-state index contributed by atoms with van der Waals surface area (Å²) in [5.74, 6) is 0.600. The molecule has 3 aromatic rings. The van der Waals surface area contributed by atoms with Gasteiger partial charge in [-0.15, -0.1) is 10.2 Å². The van der Waals surface area contributed by atoms with Gasteiger partial charge < -0.3 is 14.1 Å². The van der Waals surface area contributed by atoms with Crippen LogP contribution in [0.5, 0.6) is 0 Å². The van der Waals surface area contributed by atoms with E-state index in [0.717, 1.165) is 41.7 Å². The Bertz CT molecular complexity index is 1030. The summed E-state index contributed by atoms with van der Waals surface area (Å²) < 4.78 is 11.8. The molecule has 29 heavy (non-hydrogen) atoms. The standard InChI is InChI=1S/C20H18BrClN4O3/c1-28-20(27)12-5-8-26(9-6-12)16-11-14(21)2-3-15(16)19-25-24-18(29-19)13-4-7-23-17(22)10-13/h2-4,7,10-12H,5-6,8-9H2,1H3. The molecule has 4 rings (SSSR count). The second kappa shape index (κ2) is 8.51. The molecule has 0 N–H and O–H groups in total. The highest BCUT2D eigenvalue weighted by atomic mass is 79.9. The highest BCUT2D eigenvalue weighted by Gasteiger charge is 2.27. The molecule has 0 amide bonds. The van der Waals surface area contributed by atoms with Crippen LogP contribution in [0.1, 0.15) is 12.8 Å². The summed E-state index contributed by atoms with van der Waals surface area (Å²) in [6.45, 7) is 1.48. The zero-order chi connectivity index (χ0) is 20.4. The molecule has 0 aliphatic carbocycles. The van der Waals surface area contributed by atoms with Crippen LogP contribution in [0.3, 0.4) is 0 Å². The van der Waals surface area contributed by atoms with Gasteiger partial charge in [-0.25, -0.2) is 4.98 Å². The van der Waals surface area contributed by atoms with Crippen molar-refractivity contribution in [1.82, 2.24) is 15.2 Å². The number of benzene rings is 1. The molecule has 3 heterocycles. The van der Waals surface area contributed by atoms with E-state index in [4.69, 9.17) is 20.8 Å². The van der Waals surface area contributed by atoms with Crippen LogP contribution >= 0.6 is 27.5 Å². The molecule has 1 aromatic carbocycles. The number of rotatable bonds is 4. The van der Waals surface area contributed by atoms with Gasteiger partial charge in [0.1, 0.15) is 5.15 Å². The van der Waals surface area contributed by atoms with E-state index in [0.29, 0.717) is 22.5 Å². The van der Waals surface area contributed by atoms with E-state index >= 15 is 0 Å². The minimum absolute atomic E-state index is 0.0571. The van der Waals surface area contributed by atoms with Crippen LogP contribution in [-0.4, -0.2) is 41.3 Å². The lowest BCUT2D eigenvalue weighted by molar-refractivity contribution is -0.146. The van der Waals surface area contributed by atoms with Gasteiger partial charge in [0, 0.05) is 29.3 Å². The van der Waals surface area contributed by atoms with Crippen LogP contribution in [0.25, 0.3) is 22.9 Å². The first-order chi connectivity index (χ1) is 14.0. The molecule has 0 bridgehead atoms. The second-order valence-electron chi connectivity index (χ2n) is 6.73. The Morgan fingerprint density at radius 2 is 1.97 bits per heavy atom. The Hall–Kier alpha value is -2.45. The van der Waals surface area contributed by atoms with Crippen molar-refractivity contribution in [2.75, 3.05) is 25.1 Å². The maximum Gasteiger partial charge on any atom is 0.308 e. The van der Waals surface area contributed by atoms with E-state index in [1.54, 1.807) is 18.3 Å². The fourth-order valence-electron chi connectivity index (χ4n) is 3.45. The number of nitrogens with zero attached hydrogens (tertiary/aromatic N) is 4. The molecule has 0 saturated carbocycles. The van der Waals surface area contributed by atoms with Crippen molar-refractivity contribution in [3.05, 3.63) is 46.2 Å². The third-order valence-corrected chi connectivity index (χ3v) is 5.66. The van der Waals surface area contributed by atoms with E-state index in [-0.39, 0.29) is 11.9 Å². The highest BCUT2D eigenvalue weighted by molar-refractivity contribution is 9.10. The lowest BCUT2D eigenvalue weighted by Gasteiger charge is -2.33. The number of hydrogen-bond acceptors (Lipinski definition) is 7. The van der Waals surface area contributed by atoms with Crippen LogP contribution in [0.2, 0.25) is 5.15 Å². The SMILES string of the molecule is COC(=O)C1CCN(c2cc(Br)ccc2-c2nnc(-c3ccnc(Cl)c3)o2)CC1. The average molecular weight is 478 g/mol. The lowest BCUT2D eigenvalue weighted by Crippen LogP contribution is -2.37. The monoisotopic (exact) mass is 476 g/mol. The van der Waals surface area contributed by atoms with Gasteiger partial charge in [-0.05, 0) is 43.2 Å². The van der Waals surface area contributed by atoms with Gasteiger partial charge in [-0.2, -0.15) is 0 Å². The Balaban J connectivity index is 1.62. The van der Waals surface area contributed by atoms with Crippen LogP contribution in [0, 0.1) is 5.92 Å². The molecule has 1 saturated heterocycles. The van der Waals surface area contributed by atoms with Crippen molar-refractivity contribution in [2.24, 2.45) is 5.92 Å². The number of methoxy groups -OCH3 is 1. The highest BCUT2D eigenvalue weighted by Crippen LogP contribution is 2.36. The van der Waals surface area contributed by atoms with Gasteiger partial charge in [0.25, 0.3) is 0 Å². The minimum Gasteiger partial charge on any atom is -0.469 e. The predicted molar refractivity (Wildman–Crippen MR) is 113 cm³/mol. The van der Waals surface area contributed by atoms with E-state index in [2.05, 4.69) is 36.0 Å². The van der Waals surface area contributed by atoms with Crippen LogP contribution < -0.4 is 4.90 Å². The molecule has 0 unspecified atom stereocenters. The summed E-state index contributed by atoms with van der Waals surface area (Å²) in [6, 6.07) is 9.36. The van der Waals surface area contributed by atoms with Crippen LogP contribution in [-0.2, 0) is 9.53 Å². The largest absolute Gasteiger partial charge is 0.469 e. The summed E-state index contributed by atoms with van der Waals surface area (Å²) in [4.78, 5) is 18.0. The van der Waals surface area contributed by atoms with Crippen molar-refractivity contribution in [1.29, 1.82) is 0 Å². The Morgan fingerprint density at radius 3 is 2.69 bits per heavy atom. The molecule has 1 aliphatic rings. The first kappa shape index (κ1) is 19.8. The maximum atomic E-state index is 11.8. The average Bonchev–Trinajstić information content (AvgIpc) is 3.23. The van der Waals surface area contributed by atoms with E-state index in [9.17, 15) is 4.79 Å². The second-order valence-corrected chi connectivity index (χ2v) is 8.03. The van der Waals surface area contributed by atoms with Crippen LogP contribution in [0.4, 0.5) is 5.69 Å². The molecular weight excluding hydrogens is 460 g/mol. The molecule has 150 valence electrons. The molecule has 1 fully saturated rings. The summed E-state index contributed by atoms with van der Waals surface area (Å²) in [6.07, 6.45) is 3.07. The third kappa shape index (κ3) is 4.28. The molecule has 0 radical (unpaired) electrons. The zero-order valence-corrected chi connectivity index (χ0v) is 18.0. The third-order valence-electron chi connectivity index (χ3n) is 4.96. The van der Waals surface area contributed by atoms with E-state index in [1.807, 2.05) is 18.2 Å². The number of ether oxygens (including phenoxy) is 1. The lowest BCUT2D eigenvalue weighted by atomic mass is 9.96. The minimum atomic E-state index is -0.142. The summed E-state index contributed by atoms with van der Waals surface area (Å²) in [5, 5.41) is 8.76. The zero-order valence-electron chi connectivity index (χ0n) is 15.6. The number of esters is 1. The number of piperidine rings is 1. The molecule has 0 spiro atoms. The Morgan fingerprint density at radius 1 is 1.21 bits per heavy atom. The number of carbonyl (C=O) groups excluding carboxylic acids is 1. The smallest absolute Gasteiger partial charge is 0.308 e. The Kier molecular flexibility index (Phi) is 5.82. The molecular formula is C20H18BrClN4O3. The first-order valence-electron chi connectivity index (χ1n) is 9.13. The summed E-state index contributed by atoms with van der Waals surface area (Å²) in [7, 11) is 1.43. The normalized spacial score (nSPS) is 14.8. The summed E-state index contributed by atoms with van der Waals surface area (Å²) in [5.41, 5.74) is 2.52. The predicted octanol–water partition coefficient (Wildman–Crippen LogP) is 4.60. The quantitative estimate of drug-likeness (QED) is 0.401. The van der Waals surface area contributed by atoms with Gasteiger partial charge in [-0.1, -0.05) is 27.5 Å². The van der Waals surface area contributed by atoms with Gasteiger partial charge in [-0.3, -0.25) is 4.79 Å². The van der Waals surface area contributed by atoms with E-state index < -0.39 is 0 Å². The number of halogens is 2. The fourth-order valence-corrected chi connectivity index (χ4v) is 3.98. The van der Waals surface area contributed by atoms with E-state index in [1.165, 1.54) is 7.11 Å². The van der Waals surface area contributed by atoms with Crippen LogP contribution in [0.15, 0.2) is 45.4 Å². The molecule has 0 atom stereocenters. The molecule has 9 heteroatoms. The first-order valence-corrected chi connectivity index (χ1v) is 10.3. The number of pyridine rings is 1. The number of carbonyl (C=O) groups is 1. The van der Waals surface area contributed by atoms with Crippen molar-refractivity contribution in [3.63, 3.8) is 0 Å². The van der Waals surface area contributed by atoms with Gasteiger partial charge in [0.05, 0.1) is 24.3 Å². The maximum absolute atomic E-state index is 11.8. The van der Waals surface area contributed by atoms with Gasteiger partial charge in [0.15, 0.2) is 0 Å². The van der Waals surface area contributed by atoms with Crippen molar-refractivity contribution < 1.29 is 13.9 Å². The molecule has 1 aliphatic heterocycles. The fraction of sp³-hybridized carbons (Fsp3) is 0.300. The van der Waals surface area contributed by atoms with Gasteiger partial charge in [0.2, 0.25) is 11.8 Å². The topological polar surface area (TPSA) is 81.4 Å². The van der Waals surface area contributed by atoms with Crippen molar-refractivity contribution in [2.45, 2.75) is 12.8 Å². The summed E-state index contributed by atoms with van der Waals surface area (Å²) >= 11 is 9.50.